The van der Waals surface area contributed by atoms with Crippen molar-refractivity contribution in [1.82, 2.24) is 4.90 Å². The Hall–Kier alpha value is -2.74. The summed E-state index contributed by atoms with van der Waals surface area (Å²) in [4.78, 5) is 14.5. The summed E-state index contributed by atoms with van der Waals surface area (Å²) < 4.78 is 47.5. The largest absolute Gasteiger partial charge is 0.460 e. The van der Waals surface area contributed by atoms with Crippen LogP contribution in [0.5, 0.6) is 0 Å². The Bertz CT molecular complexity index is 1050. The minimum atomic E-state index is -3.70. The van der Waals surface area contributed by atoms with E-state index < -0.39 is 27.7 Å². The second-order valence-electron chi connectivity index (χ2n) is 6.87. The molecule has 0 radical (unpaired) electrons. The number of carbonyl (C=O) groups excluding carboxylic acids is 1. The van der Waals surface area contributed by atoms with E-state index in [0.717, 1.165) is 0 Å². The number of esters is 1. The van der Waals surface area contributed by atoms with Crippen LogP contribution in [0.15, 0.2) is 57.8 Å². The van der Waals surface area contributed by atoms with E-state index in [4.69, 9.17) is 4.74 Å². The molecule has 0 aliphatic carbocycles. The van der Waals surface area contributed by atoms with Crippen molar-refractivity contribution in [2.45, 2.75) is 24.3 Å². The van der Waals surface area contributed by atoms with Crippen molar-refractivity contribution < 1.29 is 22.3 Å². The Kier molecular flexibility index (Phi) is 4.89. The summed E-state index contributed by atoms with van der Waals surface area (Å²) in [6, 6.07) is 12.8. The van der Waals surface area contributed by atoms with Gasteiger partial charge in [0.1, 0.15) is 17.3 Å². The third-order valence-corrected chi connectivity index (χ3v) is 6.32. The molecule has 2 aromatic carbocycles. The Balaban J connectivity index is 1.47. The number of fused-ring (bicyclic) bond motifs is 1. The SMILES string of the molecule is O=C(OCc1ccccc1F)[C@@H]1CCCN(C2=NS(=O)(=O)c3ccccc32)C1. The predicted molar refractivity (Wildman–Crippen MR) is 101 cm³/mol. The lowest BCUT2D eigenvalue weighted by molar-refractivity contribution is -0.151. The van der Waals surface area contributed by atoms with Crippen molar-refractivity contribution in [3.8, 4) is 0 Å². The van der Waals surface area contributed by atoms with Crippen molar-refractivity contribution in [3.63, 3.8) is 0 Å². The van der Waals surface area contributed by atoms with Gasteiger partial charge in [0.25, 0.3) is 10.0 Å². The van der Waals surface area contributed by atoms with Crippen LogP contribution in [0.25, 0.3) is 0 Å². The minimum absolute atomic E-state index is 0.125. The molecule has 0 aromatic heterocycles. The Morgan fingerprint density at radius 2 is 1.93 bits per heavy atom. The monoisotopic (exact) mass is 402 g/mol. The van der Waals surface area contributed by atoms with Crippen molar-refractivity contribution in [2.24, 2.45) is 10.3 Å². The second-order valence-corrected chi connectivity index (χ2v) is 8.44. The summed E-state index contributed by atoms with van der Waals surface area (Å²) in [6.45, 7) is 0.804. The molecule has 0 saturated carbocycles. The summed E-state index contributed by atoms with van der Waals surface area (Å²) >= 11 is 0. The molecule has 0 unspecified atom stereocenters. The summed E-state index contributed by atoms with van der Waals surface area (Å²) in [5, 5.41) is 0. The molecule has 4 rings (SSSR count). The number of halogens is 1. The molecule has 1 atom stereocenters. The van der Waals surface area contributed by atoms with Gasteiger partial charge in [0, 0.05) is 24.2 Å². The van der Waals surface area contributed by atoms with E-state index in [1.807, 2.05) is 4.90 Å². The quantitative estimate of drug-likeness (QED) is 0.738. The summed E-state index contributed by atoms with van der Waals surface area (Å²) in [5.74, 6) is -0.869. The zero-order chi connectivity index (χ0) is 19.7. The van der Waals surface area contributed by atoms with E-state index in [0.29, 0.717) is 42.9 Å². The maximum absolute atomic E-state index is 13.7. The van der Waals surface area contributed by atoms with Gasteiger partial charge in [0.15, 0.2) is 5.84 Å². The topological polar surface area (TPSA) is 76.0 Å². The first kappa shape index (κ1) is 18.6. The molecule has 2 aliphatic rings. The number of hydrogen-bond acceptors (Lipinski definition) is 5. The average molecular weight is 402 g/mol. The lowest BCUT2D eigenvalue weighted by Gasteiger charge is -2.32. The number of carbonyl (C=O) groups is 1. The maximum atomic E-state index is 13.7. The Morgan fingerprint density at radius 1 is 1.18 bits per heavy atom. The van der Waals surface area contributed by atoms with Crippen LogP contribution in [0.3, 0.4) is 0 Å². The molecule has 1 saturated heterocycles. The van der Waals surface area contributed by atoms with Gasteiger partial charge in [-0.15, -0.1) is 4.40 Å². The highest BCUT2D eigenvalue weighted by Gasteiger charge is 2.35. The van der Waals surface area contributed by atoms with E-state index >= 15 is 0 Å². The van der Waals surface area contributed by atoms with Crippen LogP contribution < -0.4 is 0 Å². The molecule has 0 N–H and O–H groups in total. The highest BCUT2D eigenvalue weighted by Crippen LogP contribution is 2.30. The van der Waals surface area contributed by atoms with Gasteiger partial charge in [-0.05, 0) is 31.0 Å². The van der Waals surface area contributed by atoms with Crippen molar-refractivity contribution >= 4 is 21.8 Å². The molecule has 28 heavy (non-hydrogen) atoms. The zero-order valence-corrected chi connectivity index (χ0v) is 15.9. The normalized spacial score (nSPS) is 20.4. The first-order valence-corrected chi connectivity index (χ1v) is 10.5. The molecular formula is C20H19FN2O4S. The van der Waals surface area contributed by atoms with Crippen LogP contribution in [-0.2, 0) is 26.2 Å². The number of sulfonamides is 1. The summed E-state index contributed by atoms with van der Waals surface area (Å²) in [7, 11) is -3.70. The van der Waals surface area contributed by atoms with Crippen LogP contribution in [0.4, 0.5) is 4.39 Å². The minimum Gasteiger partial charge on any atom is -0.460 e. The number of rotatable bonds is 3. The van der Waals surface area contributed by atoms with E-state index in [9.17, 15) is 17.6 Å². The molecule has 1 fully saturated rings. The maximum Gasteiger partial charge on any atom is 0.311 e. The van der Waals surface area contributed by atoms with Crippen molar-refractivity contribution in [2.75, 3.05) is 13.1 Å². The number of piperidine rings is 1. The fourth-order valence-electron chi connectivity index (χ4n) is 3.56. The van der Waals surface area contributed by atoms with Crippen LogP contribution >= 0.6 is 0 Å². The van der Waals surface area contributed by atoms with Crippen LogP contribution in [0.2, 0.25) is 0 Å². The van der Waals surface area contributed by atoms with E-state index in [-0.39, 0.29) is 11.5 Å². The van der Waals surface area contributed by atoms with Crippen LogP contribution in [0.1, 0.15) is 24.0 Å². The van der Waals surface area contributed by atoms with Gasteiger partial charge >= 0.3 is 5.97 Å². The highest BCUT2D eigenvalue weighted by atomic mass is 32.2. The van der Waals surface area contributed by atoms with Gasteiger partial charge in [-0.3, -0.25) is 4.79 Å². The predicted octanol–water partition coefficient (Wildman–Crippen LogP) is 2.73. The molecule has 6 nitrogen and oxygen atoms in total. The van der Waals surface area contributed by atoms with E-state index in [2.05, 4.69) is 4.40 Å². The molecule has 2 heterocycles. The zero-order valence-electron chi connectivity index (χ0n) is 15.0. The third-order valence-electron chi connectivity index (χ3n) is 4.99. The molecule has 0 spiro atoms. The molecule has 0 amide bonds. The van der Waals surface area contributed by atoms with Crippen molar-refractivity contribution in [3.05, 3.63) is 65.5 Å². The van der Waals surface area contributed by atoms with Gasteiger partial charge in [0.05, 0.1) is 5.92 Å². The summed E-state index contributed by atoms with van der Waals surface area (Å²) in [5.41, 5.74) is 0.881. The van der Waals surface area contributed by atoms with E-state index in [1.165, 1.54) is 12.1 Å². The first-order valence-electron chi connectivity index (χ1n) is 9.05. The number of likely N-dealkylation sites (tertiary alicyclic amines) is 1. The van der Waals surface area contributed by atoms with Gasteiger partial charge in [-0.2, -0.15) is 8.42 Å². The lowest BCUT2D eigenvalue weighted by atomic mass is 9.97. The molecular weight excluding hydrogens is 383 g/mol. The molecule has 8 heteroatoms. The molecule has 2 aromatic rings. The number of ether oxygens (including phenoxy) is 1. The van der Waals surface area contributed by atoms with Gasteiger partial charge in [-0.1, -0.05) is 30.3 Å². The van der Waals surface area contributed by atoms with Gasteiger partial charge in [-0.25, -0.2) is 4.39 Å². The van der Waals surface area contributed by atoms with Crippen LogP contribution in [0, 0.1) is 11.7 Å². The first-order chi connectivity index (χ1) is 13.5. The number of benzene rings is 2. The average Bonchev–Trinajstić information content (AvgIpc) is 2.99. The van der Waals surface area contributed by atoms with Gasteiger partial charge < -0.3 is 9.64 Å². The Morgan fingerprint density at radius 3 is 2.75 bits per heavy atom. The standard InChI is InChI=1S/C20H19FN2O4S/c21-17-9-3-1-6-15(17)13-27-20(24)14-7-5-11-23(12-14)19-16-8-2-4-10-18(16)28(25,26)22-19/h1-4,6,8-10,14H,5,7,11-13H2/t14-/m1/s1. The second kappa shape index (κ2) is 7.35. The van der Waals surface area contributed by atoms with Crippen LogP contribution in [-0.4, -0.2) is 38.2 Å². The van der Waals surface area contributed by atoms with E-state index in [1.54, 1.807) is 36.4 Å². The van der Waals surface area contributed by atoms with Gasteiger partial charge in [0.2, 0.25) is 0 Å². The third kappa shape index (κ3) is 3.52. The summed E-state index contributed by atoms with van der Waals surface area (Å²) in [6.07, 6.45) is 1.34. The molecule has 2 aliphatic heterocycles. The smallest absolute Gasteiger partial charge is 0.311 e. The number of amidine groups is 1. The molecule has 146 valence electrons. The van der Waals surface area contributed by atoms with Crippen molar-refractivity contribution in [1.29, 1.82) is 0 Å². The highest BCUT2D eigenvalue weighted by molar-refractivity contribution is 7.90. The number of hydrogen-bond donors (Lipinski definition) is 0. The number of nitrogens with zero attached hydrogens (tertiary/aromatic N) is 2. The lowest BCUT2D eigenvalue weighted by Crippen LogP contribution is -2.42. The Labute approximate surface area is 162 Å². The fourth-order valence-corrected chi connectivity index (χ4v) is 4.79. The fraction of sp³-hybridized carbons (Fsp3) is 0.300. The molecule has 0 bridgehead atoms.